The Morgan fingerprint density at radius 2 is 1.70 bits per heavy atom. The number of amides is 1. The fraction of sp³-hybridized carbons (Fsp3) is 0.0476. The van der Waals surface area contributed by atoms with E-state index in [-0.39, 0.29) is 5.91 Å². The van der Waals surface area contributed by atoms with E-state index in [2.05, 4.69) is 20.4 Å². The molecule has 1 N–H and O–H groups in total. The molecule has 4 rings (SSSR count). The van der Waals surface area contributed by atoms with Gasteiger partial charge in [0.05, 0.1) is 11.3 Å². The lowest BCUT2D eigenvalue weighted by Gasteiger charge is -2.21. The number of carbonyl (C=O) groups is 1. The number of hydrazine groups is 1. The van der Waals surface area contributed by atoms with Crippen LogP contribution in [0.15, 0.2) is 79.4 Å². The zero-order chi connectivity index (χ0) is 18.6. The van der Waals surface area contributed by atoms with E-state index >= 15 is 0 Å². The molecule has 4 aromatic rings. The van der Waals surface area contributed by atoms with Crippen molar-refractivity contribution in [2.24, 2.45) is 0 Å². The van der Waals surface area contributed by atoms with Gasteiger partial charge in [0.2, 0.25) is 0 Å². The van der Waals surface area contributed by atoms with E-state index < -0.39 is 0 Å². The molecule has 3 aromatic heterocycles. The predicted molar refractivity (Wildman–Crippen MR) is 105 cm³/mol. The van der Waals surface area contributed by atoms with Gasteiger partial charge in [-0.2, -0.15) is 0 Å². The summed E-state index contributed by atoms with van der Waals surface area (Å²) in [5, 5.41) is 3.45. The summed E-state index contributed by atoms with van der Waals surface area (Å²) < 4.78 is 0. The summed E-state index contributed by atoms with van der Waals surface area (Å²) in [7, 11) is 1.69. The van der Waals surface area contributed by atoms with Crippen LogP contribution in [0, 0.1) is 0 Å². The molecule has 0 aliphatic rings. The molecule has 0 spiro atoms. The van der Waals surface area contributed by atoms with Gasteiger partial charge in [0.1, 0.15) is 0 Å². The van der Waals surface area contributed by atoms with Crippen LogP contribution < -0.4 is 10.4 Å². The van der Waals surface area contributed by atoms with Crippen LogP contribution in [-0.2, 0) is 0 Å². The minimum absolute atomic E-state index is 0.236. The number of hydrogen-bond acceptors (Lipinski definition) is 5. The molecule has 0 fully saturated rings. The average Bonchev–Trinajstić information content (AvgIpc) is 2.75. The molecular formula is C21H17N5O. The third-order valence-corrected chi connectivity index (χ3v) is 4.26. The van der Waals surface area contributed by atoms with E-state index in [1.807, 2.05) is 42.5 Å². The van der Waals surface area contributed by atoms with Gasteiger partial charge in [0.15, 0.2) is 5.82 Å². The number of fused-ring (bicyclic) bond motifs is 1. The Labute approximate surface area is 156 Å². The number of carbonyl (C=O) groups excluding carboxylic acids is 1. The van der Waals surface area contributed by atoms with Crippen molar-refractivity contribution in [1.29, 1.82) is 0 Å². The fourth-order valence-electron chi connectivity index (χ4n) is 2.95. The maximum Gasteiger partial charge on any atom is 0.276 e. The summed E-state index contributed by atoms with van der Waals surface area (Å²) in [5.74, 6) is 0.283. The van der Waals surface area contributed by atoms with E-state index in [4.69, 9.17) is 0 Å². The van der Waals surface area contributed by atoms with Crippen molar-refractivity contribution in [1.82, 2.24) is 20.4 Å². The highest BCUT2D eigenvalue weighted by Gasteiger charge is 2.22. The Bertz CT molecular complexity index is 1100. The summed E-state index contributed by atoms with van der Waals surface area (Å²) in [6, 6.07) is 16.9. The van der Waals surface area contributed by atoms with Crippen LogP contribution in [0.4, 0.5) is 5.82 Å². The number of aromatic nitrogens is 3. The Morgan fingerprint density at radius 1 is 0.926 bits per heavy atom. The van der Waals surface area contributed by atoms with Crippen LogP contribution in [0.5, 0.6) is 0 Å². The predicted octanol–water partition coefficient (Wildman–Crippen LogP) is 3.47. The topological polar surface area (TPSA) is 71.0 Å². The van der Waals surface area contributed by atoms with Gasteiger partial charge >= 0.3 is 0 Å². The van der Waals surface area contributed by atoms with E-state index in [1.54, 1.807) is 44.0 Å². The number of nitrogens with one attached hydrogen (secondary N) is 1. The molecular weight excluding hydrogens is 338 g/mol. The monoisotopic (exact) mass is 355 g/mol. The molecule has 0 saturated carbocycles. The number of rotatable bonds is 4. The van der Waals surface area contributed by atoms with E-state index in [1.165, 1.54) is 5.01 Å². The van der Waals surface area contributed by atoms with Gasteiger partial charge in [0, 0.05) is 42.8 Å². The van der Waals surface area contributed by atoms with Crippen molar-refractivity contribution in [3.63, 3.8) is 0 Å². The minimum atomic E-state index is -0.236. The van der Waals surface area contributed by atoms with E-state index in [9.17, 15) is 4.79 Å². The number of benzene rings is 1. The van der Waals surface area contributed by atoms with Crippen molar-refractivity contribution in [2.45, 2.75) is 0 Å². The number of nitrogens with zero attached hydrogens (tertiary/aromatic N) is 4. The lowest BCUT2D eigenvalue weighted by atomic mass is 10.1. The Balaban J connectivity index is 1.76. The number of hydrogen-bond donors (Lipinski definition) is 1. The Hall–Kier alpha value is -3.64. The first kappa shape index (κ1) is 16.8. The molecule has 0 radical (unpaired) electrons. The van der Waals surface area contributed by atoms with Crippen LogP contribution >= 0.6 is 0 Å². The Morgan fingerprint density at radius 3 is 2.48 bits per heavy atom. The maximum absolute atomic E-state index is 13.3. The fourth-order valence-corrected chi connectivity index (χ4v) is 2.95. The van der Waals surface area contributed by atoms with Crippen LogP contribution in [0.1, 0.15) is 10.4 Å². The second-order valence-electron chi connectivity index (χ2n) is 5.89. The highest BCUT2D eigenvalue weighted by Crippen LogP contribution is 2.24. The summed E-state index contributed by atoms with van der Waals surface area (Å²) in [6.45, 7) is 0. The van der Waals surface area contributed by atoms with Crippen LogP contribution in [0.3, 0.4) is 0 Å². The molecule has 0 unspecified atom stereocenters. The van der Waals surface area contributed by atoms with Crippen LogP contribution in [0.25, 0.3) is 22.0 Å². The van der Waals surface area contributed by atoms with E-state index in [0.29, 0.717) is 17.1 Å². The molecule has 3 heterocycles. The van der Waals surface area contributed by atoms with Gasteiger partial charge in [0.25, 0.3) is 5.91 Å². The van der Waals surface area contributed by atoms with Gasteiger partial charge in [-0.3, -0.25) is 14.8 Å². The van der Waals surface area contributed by atoms with Crippen molar-refractivity contribution in [3.8, 4) is 11.3 Å². The maximum atomic E-state index is 13.3. The average molecular weight is 355 g/mol. The lowest BCUT2D eigenvalue weighted by Crippen LogP contribution is -2.41. The smallest absolute Gasteiger partial charge is 0.267 e. The third-order valence-electron chi connectivity index (χ3n) is 4.26. The molecule has 1 aromatic carbocycles. The first-order valence-electron chi connectivity index (χ1n) is 8.50. The molecule has 0 bridgehead atoms. The minimum Gasteiger partial charge on any atom is -0.267 e. The van der Waals surface area contributed by atoms with Gasteiger partial charge < -0.3 is 0 Å². The highest BCUT2D eigenvalue weighted by molar-refractivity contribution is 6.09. The summed E-state index contributed by atoms with van der Waals surface area (Å²) >= 11 is 0. The van der Waals surface area contributed by atoms with Crippen LogP contribution in [-0.4, -0.2) is 27.9 Å². The quantitative estimate of drug-likeness (QED) is 0.568. The molecule has 1 amide bonds. The largest absolute Gasteiger partial charge is 0.276 e. The van der Waals surface area contributed by atoms with Gasteiger partial charge in [-0.05, 0) is 35.7 Å². The molecule has 0 atom stereocenters. The molecule has 132 valence electrons. The number of pyridine rings is 3. The third kappa shape index (κ3) is 3.26. The highest BCUT2D eigenvalue weighted by atomic mass is 16.2. The number of anilines is 1. The summed E-state index contributed by atoms with van der Waals surface area (Å²) in [6.07, 6.45) is 6.79. The SMILES string of the molecule is CNN(C(=O)c1cccnc1-c1ccncc1)c1cc2ccccc2cn1. The molecule has 0 aliphatic heterocycles. The first-order valence-corrected chi connectivity index (χ1v) is 8.50. The molecule has 6 heteroatoms. The summed E-state index contributed by atoms with van der Waals surface area (Å²) in [5.41, 5.74) is 4.85. The second-order valence-corrected chi connectivity index (χ2v) is 5.89. The van der Waals surface area contributed by atoms with Gasteiger partial charge in [-0.15, -0.1) is 0 Å². The van der Waals surface area contributed by atoms with E-state index in [0.717, 1.165) is 16.3 Å². The first-order chi connectivity index (χ1) is 13.3. The van der Waals surface area contributed by atoms with Gasteiger partial charge in [-0.25, -0.2) is 15.4 Å². The normalized spacial score (nSPS) is 10.7. The molecule has 6 nitrogen and oxygen atoms in total. The van der Waals surface area contributed by atoms with Crippen LogP contribution in [0.2, 0.25) is 0 Å². The van der Waals surface area contributed by atoms with Crippen molar-refractivity contribution >= 4 is 22.5 Å². The standard InChI is InChI=1S/C21H17N5O/c1-22-26(19-13-16-5-2-3-6-17(16)14-25-19)21(27)18-7-4-10-24-20(18)15-8-11-23-12-9-15/h2-14,22H,1H3. The second kappa shape index (κ2) is 7.31. The van der Waals surface area contributed by atoms with Crippen molar-refractivity contribution in [3.05, 3.63) is 84.9 Å². The molecule has 0 saturated heterocycles. The van der Waals surface area contributed by atoms with Gasteiger partial charge in [-0.1, -0.05) is 24.3 Å². The molecule has 0 aliphatic carbocycles. The molecule has 27 heavy (non-hydrogen) atoms. The van der Waals surface area contributed by atoms with Crippen molar-refractivity contribution in [2.75, 3.05) is 12.1 Å². The summed E-state index contributed by atoms with van der Waals surface area (Å²) in [4.78, 5) is 26.1. The Kier molecular flexibility index (Phi) is 4.55. The van der Waals surface area contributed by atoms with Crippen molar-refractivity contribution < 1.29 is 4.79 Å². The zero-order valence-electron chi connectivity index (χ0n) is 14.7. The lowest BCUT2D eigenvalue weighted by molar-refractivity contribution is 0.0976. The zero-order valence-corrected chi connectivity index (χ0v) is 14.7.